The summed E-state index contributed by atoms with van der Waals surface area (Å²) in [6, 6.07) is 20.4. The summed E-state index contributed by atoms with van der Waals surface area (Å²) in [6.45, 7) is 1.35. The van der Waals surface area contributed by atoms with Crippen LogP contribution in [0.4, 0.5) is 5.69 Å². The zero-order valence-corrected chi connectivity index (χ0v) is 13.9. The van der Waals surface area contributed by atoms with Crippen LogP contribution in [0.2, 0.25) is 0 Å². The minimum atomic E-state index is -0.157. The zero-order chi connectivity index (χ0) is 17.5. The lowest BCUT2D eigenvalue weighted by atomic mass is 10.2. The zero-order valence-electron chi connectivity index (χ0n) is 13.9. The predicted octanol–water partition coefficient (Wildman–Crippen LogP) is 3.35. The van der Waals surface area contributed by atoms with Gasteiger partial charge < -0.3 is 19.8 Å². The number of nitrogens with zero attached hydrogens (tertiary/aromatic N) is 1. The number of amides is 1. The Labute approximate surface area is 146 Å². The summed E-state index contributed by atoms with van der Waals surface area (Å²) in [7, 11) is 0. The van der Waals surface area contributed by atoms with Crippen LogP contribution in [0.1, 0.15) is 17.0 Å². The topological polar surface area (TPSA) is 70.3 Å². The van der Waals surface area contributed by atoms with E-state index in [4.69, 9.17) is 9.15 Å². The van der Waals surface area contributed by atoms with Crippen molar-refractivity contribution in [2.75, 3.05) is 18.0 Å². The van der Waals surface area contributed by atoms with E-state index in [2.05, 4.69) is 5.73 Å². The van der Waals surface area contributed by atoms with Gasteiger partial charge in [0, 0.05) is 18.7 Å². The van der Waals surface area contributed by atoms with Crippen molar-refractivity contribution < 1.29 is 19.7 Å². The lowest BCUT2D eigenvalue weighted by Gasteiger charge is -2.21. The molecule has 2 aromatic carbocycles. The molecular weight excluding hydrogens is 316 g/mol. The third-order valence-electron chi connectivity index (χ3n) is 3.74. The quantitative estimate of drug-likeness (QED) is 0.719. The molecule has 0 radical (unpaired) electrons. The molecule has 5 heteroatoms. The number of carbonyl (C=O) groups excluding carboxylic acids is 1. The van der Waals surface area contributed by atoms with Crippen LogP contribution in [0.15, 0.2) is 77.4 Å². The van der Waals surface area contributed by atoms with E-state index in [-0.39, 0.29) is 5.91 Å². The highest BCUT2D eigenvalue weighted by Gasteiger charge is 2.19. The minimum absolute atomic E-state index is 0.157. The maximum atomic E-state index is 12.7. The molecule has 1 heterocycles. The predicted molar refractivity (Wildman–Crippen MR) is 95.7 cm³/mol. The maximum absolute atomic E-state index is 12.7. The van der Waals surface area contributed by atoms with Crippen LogP contribution in [-0.4, -0.2) is 19.0 Å². The number of carbonyl (C=O) groups is 1. The number of anilines is 1. The lowest BCUT2D eigenvalue weighted by Crippen LogP contribution is -2.51. The van der Waals surface area contributed by atoms with Gasteiger partial charge >= 0.3 is 0 Å². The molecule has 0 unspecified atom stereocenters. The van der Waals surface area contributed by atoms with Gasteiger partial charge in [0.25, 0.3) is 5.91 Å². The Morgan fingerprint density at radius 3 is 2.32 bits per heavy atom. The molecule has 0 saturated heterocycles. The number of para-hydroxylation sites is 1. The fraction of sp³-hybridized carbons (Fsp3) is 0.150. The van der Waals surface area contributed by atoms with Gasteiger partial charge in [-0.05, 0) is 48.5 Å². The first-order valence-electron chi connectivity index (χ1n) is 8.25. The molecule has 25 heavy (non-hydrogen) atoms. The standard InChI is InChI=1S/C20H20N2O3/c21-13-5-14-22(20(23)19-8-4-15-24-19)16-9-11-18(12-10-16)25-17-6-2-1-3-7-17/h1-4,6-12,15H,5,13-14,21H2/p+1. The Bertz CT molecular complexity index is 784. The first-order chi connectivity index (χ1) is 12.3. The monoisotopic (exact) mass is 337 g/mol. The number of rotatable bonds is 7. The van der Waals surface area contributed by atoms with Gasteiger partial charge in [0.1, 0.15) is 11.5 Å². The number of furan rings is 1. The number of ether oxygens (including phenoxy) is 1. The van der Waals surface area contributed by atoms with Crippen molar-refractivity contribution >= 4 is 11.6 Å². The van der Waals surface area contributed by atoms with E-state index in [1.165, 1.54) is 6.26 Å². The summed E-state index contributed by atoms with van der Waals surface area (Å²) in [4.78, 5) is 14.4. The van der Waals surface area contributed by atoms with Gasteiger partial charge in [-0.3, -0.25) is 4.79 Å². The van der Waals surface area contributed by atoms with Crippen molar-refractivity contribution in [1.82, 2.24) is 0 Å². The van der Waals surface area contributed by atoms with Crippen molar-refractivity contribution in [2.24, 2.45) is 0 Å². The fourth-order valence-corrected chi connectivity index (χ4v) is 2.47. The molecule has 0 saturated carbocycles. The third-order valence-corrected chi connectivity index (χ3v) is 3.74. The van der Waals surface area contributed by atoms with Crippen LogP contribution in [0.25, 0.3) is 0 Å². The van der Waals surface area contributed by atoms with Crippen LogP contribution in [-0.2, 0) is 0 Å². The molecule has 1 aromatic heterocycles. The van der Waals surface area contributed by atoms with E-state index >= 15 is 0 Å². The van der Waals surface area contributed by atoms with Gasteiger partial charge in [-0.1, -0.05) is 18.2 Å². The Balaban J connectivity index is 1.77. The molecule has 3 N–H and O–H groups in total. The summed E-state index contributed by atoms with van der Waals surface area (Å²) in [5, 5.41) is 0. The van der Waals surface area contributed by atoms with Crippen molar-refractivity contribution in [2.45, 2.75) is 6.42 Å². The van der Waals surface area contributed by atoms with Crippen LogP contribution in [0.3, 0.4) is 0 Å². The summed E-state index contributed by atoms with van der Waals surface area (Å²) < 4.78 is 11.0. The Morgan fingerprint density at radius 2 is 1.68 bits per heavy atom. The molecule has 5 nitrogen and oxygen atoms in total. The van der Waals surface area contributed by atoms with Crippen LogP contribution >= 0.6 is 0 Å². The van der Waals surface area contributed by atoms with Crippen LogP contribution in [0, 0.1) is 0 Å². The van der Waals surface area contributed by atoms with Crippen LogP contribution in [0.5, 0.6) is 11.5 Å². The van der Waals surface area contributed by atoms with Gasteiger partial charge in [-0.2, -0.15) is 0 Å². The van der Waals surface area contributed by atoms with Gasteiger partial charge in [0.2, 0.25) is 0 Å². The molecule has 0 atom stereocenters. The SMILES string of the molecule is [NH3+]CCCN(C(=O)c1ccco1)c1ccc(Oc2ccccc2)cc1. The third kappa shape index (κ3) is 4.28. The minimum Gasteiger partial charge on any atom is -0.459 e. The Hall–Kier alpha value is -3.05. The van der Waals surface area contributed by atoms with E-state index in [0.717, 1.165) is 30.2 Å². The van der Waals surface area contributed by atoms with E-state index in [1.54, 1.807) is 17.0 Å². The van der Waals surface area contributed by atoms with Gasteiger partial charge in [-0.25, -0.2) is 0 Å². The van der Waals surface area contributed by atoms with Crippen molar-refractivity contribution in [3.05, 3.63) is 78.8 Å². The molecule has 0 fully saturated rings. The van der Waals surface area contributed by atoms with Crippen molar-refractivity contribution in [1.29, 1.82) is 0 Å². The van der Waals surface area contributed by atoms with Crippen molar-refractivity contribution in [3.8, 4) is 11.5 Å². The maximum Gasteiger partial charge on any atom is 0.293 e. The summed E-state index contributed by atoms with van der Waals surface area (Å²) >= 11 is 0. The molecule has 3 rings (SSSR count). The number of benzene rings is 2. The highest BCUT2D eigenvalue weighted by Crippen LogP contribution is 2.25. The molecule has 1 amide bonds. The summed E-state index contributed by atoms with van der Waals surface area (Å²) in [5.74, 6) is 1.66. The molecule has 3 aromatic rings. The van der Waals surface area contributed by atoms with E-state index in [0.29, 0.717) is 12.3 Å². The average molecular weight is 337 g/mol. The fourth-order valence-electron chi connectivity index (χ4n) is 2.47. The van der Waals surface area contributed by atoms with E-state index in [9.17, 15) is 4.79 Å². The number of hydrogen-bond donors (Lipinski definition) is 1. The molecule has 128 valence electrons. The van der Waals surface area contributed by atoms with Gasteiger partial charge in [-0.15, -0.1) is 0 Å². The number of hydrogen-bond acceptors (Lipinski definition) is 3. The molecule has 0 aliphatic rings. The average Bonchev–Trinajstić information content (AvgIpc) is 3.19. The first kappa shape index (κ1) is 16.8. The molecule has 0 aliphatic carbocycles. The highest BCUT2D eigenvalue weighted by atomic mass is 16.5. The molecular formula is C20H21N2O3+. The summed E-state index contributed by atoms with van der Waals surface area (Å²) in [5.41, 5.74) is 4.65. The van der Waals surface area contributed by atoms with Gasteiger partial charge in [0.05, 0.1) is 12.8 Å². The highest BCUT2D eigenvalue weighted by molar-refractivity contribution is 6.04. The second-order valence-corrected chi connectivity index (χ2v) is 5.55. The lowest BCUT2D eigenvalue weighted by molar-refractivity contribution is -0.367. The molecule has 0 aliphatic heterocycles. The molecule has 0 spiro atoms. The van der Waals surface area contributed by atoms with E-state index < -0.39 is 0 Å². The Morgan fingerprint density at radius 1 is 0.960 bits per heavy atom. The first-order valence-corrected chi connectivity index (χ1v) is 8.25. The van der Waals surface area contributed by atoms with Crippen molar-refractivity contribution in [3.63, 3.8) is 0 Å². The van der Waals surface area contributed by atoms with Crippen LogP contribution < -0.4 is 15.4 Å². The Kier molecular flexibility index (Phi) is 5.49. The largest absolute Gasteiger partial charge is 0.459 e. The second-order valence-electron chi connectivity index (χ2n) is 5.55. The smallest absolute Gasteiger partial charge is 0.293 e. The van der Waals surface area contributed by atoms with E-state index in [1.807, 2.05) is 54.6 Å². The number of quaternary nitrogens is 1. The molecule has 0 bridgehead atoms. The summed E-state index contributed by atoms with van der Waals surface area (Å²) in [6.07, 6.45) is 2.32. The second kappa shape index (κ2) is 8.17. The van der Waals surface area contributed by atoms with Gasteiger partial charge in [0.15, 0.2) is 5.76 Å². The normalized spacial score (nSPS) is 10.4.